The van der Waals surface area contributed by atoms with Crippen LogP contribution in [0.25, 0.3) is 11.0 Å². The minimum atomic E-state index is -0.105. The molecule has 0 spiro atoms. The number of nitrogens with one attached hydrogen (secondary N) is 2. The number of benzene rings is 1. The molecule has 0 aliphatic heterocycles. The fourth-order valence-electron chi connectivity index (χ4n) is 2.77. The molecule has 0 unspecified atom stereocenters. The zero-order chi connectivity index (χ0) is 16.9. The number of carbonyl (C=O) groups excluding carboxylic acids is 1. The summed E-state index contributed by atoms with van der Waals surface area (Å²) < 4.78 is 0. The lowest BCUT2D eigenvalue weighted by molar-refractivity contribution is -0.119. The molecule has 1 heterocycles. The lowest BCUT2D eigenvalue weighted by atomic mass is 9.84. The minimum Gasteiger partial charge on any atom is -0.355 e. The third kappa shape index (κ3) is 4.81. The van der Waals surface area contributed by atoms with Crippen LogP contribution in [-0.2, 0) is 16.6 Å². The normalized spacial score (nSPS) is 11.8. The van der Waals surface area contributed by atoms with E-state index in [4.69, 9.17) is 0 Å². The number of aromatic amines is 1. The van der Waals surface area contributed by atoms with Crippen molar-refractivity contribution >= 4 is 16.9 Å². The molecule has 0 aliphatic carbocycles. The van der Waals surface area contributed by atoms with Gasteiger partial charge in [-0.2, -0.15) is 0 Å². The number of amides is 1. The second-order valence-corrected chi connectivity index (χ2v) is 7.02. The molecule has 2 rings (SSSR count). The average Bonchev–Trinajstić information content (AvgIpc) is 2.91. The van der Waals surface area contributed by atoms with E-state index in [1.807, 2.05) is 0 Å². The van der Waals surface area contributed by atoms with Crippen LogP contribution < -0.4 is 5.32 Å². The van der Waals surface area contributed by atoms with Crippen LogP contribution in [0.5, 0.6) is 0 Å². The van der Waals surface area contributed by atoms with Gasteiger partial charge in [0.2, 0.25) is 5.91 Å². The second-order valence-electron chi connectivity index (χ2n) is 7.02. The average molecular weight is 315 g/mol. The first-order valence-electron chi connectivity index (χ1n) is 8.66. The van der Waals surface area contributed by atoms with E-state index in [0.29, 0.717) is 6.54 Å². The van der Waals surface area contributed by atoms with Gasteiger partial charge in [-0.25, -0.2) is 4.98 Å². The molecular formula is C19H29N3O. The summed E-state index contributed by atoms with van der Waals surface area (Å²) in [6.07, 6.45) is 6.02. The van der Waals surface area contributed by atoms with Crippen LogP contribution in [0.3, 0.4) is 0 Å². The van der Waals surface area contributed by atoms with Gasteiger partial charge in [0, 0.05) is 25.3 Å². The molecule has 0 saturated heterocycles. The maximum atomic E-state index is 11.2. The van der Waals surface area contributed by atoms with Crippen LogP contribution in [0.2, 0.25) is 0 Å². The number of hydrogen-bond acceptors (Lipinski definition) is 2. The molecule has 1 amide bonds. The Morgan fingerprint density at radius 2 is 2.04 bits per heavy atom. The summed E-state index contributed by atoms with van der Waals surface area (Å²) in [5, 5.41) is 2.91. The Balaban J connectivity index is 2.10. The Kier molecular flexibility index (Phi) is 5.80. The monoisotopic (exact) mass is 315 g/mol. The van der Waals surface area contributed by atoms with Gasteiger partial charge >= 0.3 is 0 Å². The van der Waals surface area contributed by atoms with Gasteiger partial charge in [0.15, 0.2) is 0 Å². The van der Waals surface area contributed by atoms with E-state index < -0.39 is 0 Å². The SMILES string of the molecule is CCCCCCc1nc2ccc(C(C)(C)CNC(C)=O)cc2[nH]1. The van der Waals surface area contributed by atoms with Crippen LogP contribution in [0.4, 0.5) is 0 Å². The molecule has 0 radical (unpaired) electrons. The summed E-state index contributed by atoms with van der Waals surface area (Å²) in [6.45, 7) is 8.70. The maximum absolute atomic E-state index is 11.2. The topological polar surface area (TPSA) is 57.8 Å². The standard InChI is InChI=1S/C19H29N3O/c1-5-6-7-8-9-18-21-16-11-10-15(12-17(16)22-18)19(3,4)13-20-14(2)23/h10-12H,5-9,13H2,1-4H3,(H,20,23)(H,21,22). The van der Waals surface area contributed by atoms with Gasteiger partial charge < -0.3 is 10.3 Å². The second kappa shape index (κ2) is 7.62. The molecule has 0 atom stereocenters. The van der Waals surface area contributed by atoms with E-state index in [-0.39, 0.29) is 11.3 Å². The van der Waals surface area contributed by atoms with Gasteiger partial charge in [0.05, 0.1) is 11.0 Å². The molecule has 2 N–H and O–H groups in total. The van der Waals surface area contributed by atoms with Crippen molar-refractivity contribution in [3.05, 3.63) is 29.6 Å². The van der Waals surface area contributed by atoms with Crippen molar-refractivity contribution in [1.29, 1.82) is 0 Å². The van der Waals surface area contributed by atoms with Gasteiger partial charge in [-0.15, -0.1) is 0 Å². The Bertz CT molecular complexity index is 658. The van der Waals surface area contributed by atoms with E-state index in [9.17, 15) is 4.79 Å². The van der Waals surface area contributed by atoms with E-state index >= 15 is 0 Å². The highest BCUT2D eigenvalue weighted by Gasteiger charge is 2.21. The largest absolute Gasteiger partial charge is 0.355 e. The highest BCUT2D eigenvalue weighted by molar-refractivity contribution is 5.76. The molecule has 0 saturated carbocycles. The minimum absolute atomic E-state index is 0.00931. The number of fused-ring (bicyclic) bond motifs is 1. The van der Waals surface area contributed by atoms with Crippen molar-refractivity contribution in [3.8, 4) is 0 Å². The van der Waals surface area contributed by atoms with Crippen molar-refractivity contribution in [3.63, 3.8) is 0 Å². The van der Waals surface area contributed by atoms with Crippen LogP contribution in [0, 0.1) is 0 Å². The Labute approximate surface area is 139 Å². The Morgan fingerprint density at radius 3 is 2.74 bits per heavy atom. The van der Waals surface area contributed by atoms with Gasteiger partial charge in [-0.3, -0.25) is 4.79 Å². The fourth-order valence-corrected chi connectivity index (χ4v) is 2.77. The van der Waals surface area contributed by atoms with E-state index in [1.165, 1.54) is 31.2 Å². The smallest absolute Gasteiger partial charge is 0.216 e. The van der Waals surface area contributed by atoms with Crippen molar-refractivity contribution in [2.75, 3.05) is 6.54 Å². The van der Waals surface area contributed by atoms with Crippen molar-refractivity contribution < 1.29 is 4.79 Å². The molecule has 0 aliphatic rings. The zero-order valence-corrected chi connectivity index (χ0v) is 14.8. The van der Waals surface area contributed by atoms with Crippen LogP contribution in [0.15, 0.2) is 18.2 Å². The van der Waals surface area contributed by atoms with Crippen molar-refractivity contribution in [2.24, 2.45) is 0 Å². The molecule has 4 heteroatoms. The Morgan fingerprint density at radius 1 is 1.26 bits per heavy atom. The van der Waals surface area contributed by atoms with Gasteiger partial charge in [0.25, 0.3) is 0 Å². The highest BCUT2D eigenvalue weighted by Crippen LogP contribution is 2.25. The van der Waals surface area contributed by atoms with Gasteiger partial charge in [-0.05, 0) is 24.1 Å². The first-order valence-corrected chi connectivity index (χ1v) is 8.66. The molecular weight excluding hydrogens is 286 g/mol. The molecule has 2 aromatic rings. The Hall–Kier alpha value is -1.84. The first-order chi connectivity index (χ1) is 10.9. The summed E-state index contributed by atoms with van der Waals surface area (Å²) in [7, 11) is 0. The van der Waals surface area contributed by atoms with E-state index in [0.717, 1.165) is 23.3 Å². The lowest BCUT2D eigenvalue weighted by Gasteiger charge is -2.25. The number of nitrogens with zero attached hydrogens (tertiary/aromatic N) is 1. The summed E-state index contributed by atoms with van der Waals surface area (Å²) in [6, 6.07) is 6.36. The number of rotatable bonds is 8. The molecule has 0 fully saturated rings. The highest BCUT2D eigenvalue weighted by atomic mass is 16.1. The maximum Gasteiger partial charge on any atom is 0.216 e. The first kappa shape index (κ1) is 17.5. The summed E-state index contributed by atoms with van der Waals surface area (Å²) in [5.74, 6) is 1.09. The molecule has 23 heavy (non-hydrogen) atoms. The summed E-state index contributed by atoms with van der Waals surface area (Å²) >= 11 is 0. The number of imidazole rings is 1. The van der Waals surface area contributed by atoms with Crippen molar-refractivity contribution in [1.82, 2.24) is 15.3 Å². The molecule has 1 aromatic heterocycles. The zero-order valence-electron chi connectivity index (χ0n) is 14.8. The number of aryl methyl sites for hydroxylation is 1. The van der Waals surface area contributed by atoms with Crippen LogP contribution >= 0.6 is 0 Å². The van der Waals surface area contributed by atoms with Crippen LogP contribution in [-0.4, -0.2) is 22.4 Å². The number of hydrogen-bond donors (Lipinski definition) is 2. The van der Waals surface area contributed by atoms with Gasteiger partial charge in [-0.1, -0.05) is 46.1 Å². The van der Waals surface area contributed by atoms with Crippen LogP contribution in [0.1, 0.15) is 64.8 Å². The molecule has 1 aromatic carbocycles. The molecule has 126 valence electrons. The number of aromatic nitrogens is 2. The predicted octanol–water partition coefficient (Wildman–Crippen LogP) is 4.10. The summed E-state index contributed by atoms with van der Waals surface area (Å²) in [5.41, 5.74) is 3.21. The van der Waals surface area contributed by atoms with Gasteiger partial charge in [0.1, 0.15) is 5.82 Å². The van der Waals surface area contributed by atoms with Crippen molar-refractivity contribution in [2.45, 2.75) is 65.2 Å². The number of H-pyrrole nitrogens is 1. The van der Waals surface area contributed by atoms with E-state index in [1.54, 1.807) is 6.92 Å². The third-order valence-electron chi connectivity index (χ3n) is 4.36. The molecule has 4 nitrogen and oxygen atoms in total. The summed E-state index contributed by atoms with van der Waals surface area (Å²) in [4.78, 5) is 19.3. The number of carbonyl (C=O) groups is 1. The fraction of sp³-hybridized carbons (Fsp3) is 0.579. The lowest BCUT2D eigenvalue weighted by Crippen LogP contribution is -2.35. The predicted molar refractivity (Wildman–Crippen MR) is 95.6 cm³/mol. The quantitative estimate of drug-likeness (QED) is 0.721. The number of unbranched alkanes of at least 4 members (excludes halogenated alkanes) is 3. The van der Waals surface area contributed by atoms with E-state index in [2.05, 4.69) is 54.3 Å². The third-order valence-corrected chi connectivity index (χ3v) is 4.36. The molecule has 0 bridgehead atoms.